The summed E-state index contributed by atoms with van der Waals surface area (Å²) >= 11 is 0. The number of hydrogen-bond acceptors (Lipinski definition) is 7. The van der Waals surface area contributed by atoms with E-state index in [9.17, 15) is 4.79 Å². The number of nitrogens with zero attached hydrogens (tertiary/aromatic N) is 3. The molecule has 31 heavy (non-hydrogen) atoms. The fraction of sp³-hybridized carbons (Fsp3) is 0.304. The molecule has 2 aromatic carbocycles. The fourth-order valence-corrected chi connectivity index (χ4v) is 3.51. The van der Waals surface area contributed by atoms with Crippen LogP contribution in [0.5, 0.6) is 0 Å². The van der Waals surface area contributed by atoms with E-state index in [2.05, 4.69) is 27.6 Å². The molecule has 0 spiro atoms. The molecule has 8 nitrogen and oxygen atoms in total. The number of nitrogens with two attached hydrogens (primary N) is 1. The van der Waals surface area contributed by atoms with E-state index in [4.69, 9.17) is 20.2 Å². The number of carbonyl (C=O) groups is 1. The van der Waals surface area contributed by atoms with E-state index in [0.29, 0.717) is 22.8 Å². The van der Waals surface area contributed by atoms with Crippen LogP contribution in [0.2, 0.25) is 0 Å². The van der Waals surface area contributed by atoms with Crippen molar-refractivity contribution in [3.63, 3.8) is 0 Å². The molecule has 2 N–H and O–H groups in total. The van der Waals surface area contributed by atoms with Gasteiger partial charge in [-0.3, -0.25) is 4.79 Å². The van der Waals surface area contributed by atoms with Crippen molar-refractivity contribution >= 4 is 23.0 Å². The minimum Gasteiger partial charge on any atom is -0.399 e. The molecule has 1 aliphatic rings. The van der Waals surface area contributed by atoms with Crippen molar-refractivity contribution < 1.29 is 19.3 Å². The third kappa shape index (κ3) is 5.48. The predicted molar refractivity (Wildman–Crippen MR) is 119 cm³/mol. The van der Waals surface area contributed by atoms with Gasteiger partial charge in [-0.1, -0.05) is 70.1 Å². The molecule has 2 aromatic rings. The van der Waals surface area contributed by atoms with Gasteiger partial charge in [0.05, 0.1) is 0 Å². The average molecular weight is 422 g/mol. The highest BCUT2D eigenvalue weighted by atomic mass is 16.6. The van der Waals surface area contributed by atoms with Gasteiger partial charge in [0.1, 0.15) is 32.2 Å². The molecule has 2 unspecified atom stereocenters. The van der Waals surface area contributed by atoms with Crippen LogP contribution in [0.25, 0.3) is 0 Å². The molecule has 0 heterocycles. The van der Waals surface area contributed by atoms with Crippen molar-refractivity contribution in [1.29, 1.82) is 0 Å². The van der Waals surface area contributed by atoms with Gasteiger partial charge in [-0.05, 0) is 24.8 Å². The molecule has 2 atom stereocenters. The van der Waals surface area contributed by atoms with Crippen molar-refractivity contribution in [1.82, 2.24) is 0 Å². The maximum atomic E-state index is 11.7. The van der Waals surface area contributed by atoms with Gasteiger partial charge in [0, 0.05) is 17.0 Å². The second-order valence-electron chi connectivity index (χ2n) is 7.11. The number of carbonyl (C=O) groups excluding carboxylic acids is 1. The van der Waals surface area contributed by atoms with Crippen LogP contribution in [0.15, 0.2) is 70.1 Å². The Morgan fingerprint density at radius 2 is 1.68 bits per heavy atom. The molecule has 0 aromatic heterocycles. The first-order chi connectivity index (χ1) is 15.1. The summed E-state index contributed by atoms with van der Waals surface area (Å²) in [6.07, 6.45) is 0.983. The zero-order valence-corrected chi connectivity index (χ0v) is 17.8. The minimum absolute atomic E-state index is 0.0210. The van der Waals surface area contributed by atoms with Crippen molar-refractivity contribution in [2.24, 2.45) is 27.1 Å². The molecule has 1 fully saturated rings. The highest BCUT2D eigenvalue weighted by molar-refractivity contribution is 6.45. The molecular formula is C23H26N4O4. The quantitative estimate of drug-likeness (QED) is 0.468. The van der Waals surface area contributed by atoms with Crippen LogP contribution in [-0.2, 0) is 25.9 Å². The molecule has 0 aliphatic heterocycles. The van der Waals surface area contributed by atoms with Gasteiger partial charge in [-0.2, -0.15) is 0 Å². The Morgan fingerprint density at radius 1 is 1.00 bits per heavy atom. The number of amides is 1. The van der Waals surface area contributed by atoms with E-state index in [0.717, 1.165) is 12.1 Å². The summed E-state index contributed by atoms with van der Waals surface area (Å²) in [5.74, 6) is -0.0640. The first kappa shape index (κ1) is 22.0. The highest BCUT2D eigenvalue weighted by Gasteiger charge is 2.43. The minimum atomic E-state index is -0.691. The maximum absolute atomic E-state index is 11.7. The molecule has 162 valence electrons. The van der Waals surface area contributed by atoms with Crippen molar-refractivity contribution in [2.45, 2.75) is 25.9 Å². The summed E-state index contributed by atoms with van der Waals surface area (Å²) in [6.45, 7) is 1.96. The summed E-state index contributed by atoms with van der Waals surface area (Å²) in [4.78, 5) is 27.1. The van der Waals surface area contributed by atoms with E-state index in [-0.39, 0.29) is 18.2 Å². The van der Waals surface area contributed by atoms with Gasteiger partial charge in [0.15, 0.2) is 5.71 Å². The van der Waals surface area contributed by atoms with Crippen LogP contribution in [0.3, 0.4) is 0 Å². The van der Waals surface area contributed by atoms with Gasteiger partial charge in [-0.25, -0.2) is 0 Å². The van der Waals surface area contributed by atoms with Crippen LogP contribution in [0.4, 0.5) is 0 Å². The summed E-state index contributed by atoms with van der Waals surface area (Å²) in [5.41, 5.74) is 9.36. The van der Waals surface area contributed by atoms with Crippen LogP contribution in [-0.4, -0.2) is 37.3 Å². The Morgan fingerprint density at radius 3 is 2.35 bits per heavy atom. The highest BCUT2D eigenvalue weighted by Crippen LogP contribution is 2.48. The number of primary amides is 1. The van der Waals surface area contributed by atoms with Gasteiger partial charge >= 0.3 is 0 Å². The summed E-state index contributed by atoms with van der Waals surface area (Å²) < 4.78 is 0. The number of oxime groups is 3. The lowest BCUT2D eigenvalue weighted by molar-refractivity contribution is -0.112. The molecule has 1 saturated carbocycles. The smallest absolute Gasteiger partial charge is 0.271 e. The first-order valence-electron chi connectivity index (χ1n) is 9.89. The molecule has 1 aliphatic carbocycles. The van der Waals surface area contributed by atoms with E-state index >= 15 is 0 Å². The van der Waals surface area contributed by atoms with Crippen LogP contribution in [0, 0.1) is 5.92 Å². The average Bonchev–Trinajstić information content (AvgIpc) is 3.57. The third-order valence-electron chi connectivity index (χ3n) is 5.04. The van der Waals surface area contributed by atoms with Crippen LogP contribution < -0.4 is 5.73 Å². The fourth-order valence-electron chi connectivity index (χ4n) is 3.51. The van der Waals surface area contributed by atoms with Crippen molar-refractivity contribution in [2.75, 3.05) is 14.2 Å². The summed E-state index contributed by atoms with van der Waals surface area (Å²) in [5, 5.41) is 12.2. The lowest BCUT2D eigenvalue weighted by atomic mass is 10.0. The van der Waals surface area contributed by atoms with E-state index in [1.165, 1.54) is 19.8 Å². The first-order valence-corrected chi connectivity index (χ1v) is 9.89. The Labute approximate surface area is 181 Å². The van der Waals surface area contributed by atoms with Crippen LogP contribution >= 0.6 is 0 Å². The largest absolute Gasteiger partial charge is 0.399 e. The SMILES string of the molecule is CO/N=C(\C(N)=O)c1ccccc1CO/N=C(C)/C(=N/OC)C1CC1c1ccccc1. The summed E-state index contributed by atoms with van der Waals surface area (Å²) in [6, 6.07) is 17.5. The lowest BCUT2D eigenvalue weighted by Crippen LogP contribution is -2.25. The Hall–Kier alpha value is -3.68. The molecule has 3 rings (SSSR count). The van der Waals surface area contributed by atoms with Crippen molar-refractivity contribution in [3.05, 3.63) is 71.3 Å². The zero-order chi connectivity index (χ0) is 22.2. The molecule has 1 amide bonds. The molecule has 0 radical (unpaired) electrons. The Balaban J connectivity index is 1.71. The monoisotopic (exact) mass is 422 g/mol. The number of rotatable bonds is 10. The van der Waals surface area contributed by atoms with E-state index in [1.807, 2.05) is 37.3 Å². The second-order valence-corrected chi connectivity index (χ2v) is 7.11. The maximum Gasteiger partial charge on any atom is 0.271 e. The van der Waals surface area contributed by atoms with Gasteiger partial charge < -0.3 is 20.2 Å². The normalized spacial score (nSPS) is 19.0. The van der Waals surface area contributed by atoms with E-state index in [1.54, 1.807) is 12.1 Å². The summed E-state index contributed by atoms with van der Waals surface area (Å²) in [7, 11) is 2.87. The topological polar surface area (TPSA) is 108 Å². The standard InChI is InChI=1S/C23H26N4O4/c1-15(21(26-29-2)20-13-19(20)16-9-5-4-6-10-16)25-31-14-17-11-7-8-12-18(17)22(23(24)28)27-30-3/h4-12,19-20H,13-14H2,1-3H3,(H2,24,28)/b25-15+,26-21-,27-22-. The van der Waals surface area contributed by atoms with Crippen LogP contribution in [0.1, 0.15) is 36.0 Å². The zero-order valence-electron chi connectivity index (χ0n) is 17.8. The molecule has 0 saturated heterocycles. The molecule has 0 bridgehead atoms. The number of benzene rings is 2. The van der Waals surface area contributed by atoms with Crippen molar-refractivity contribution in [3.8, 4) is 0 Å². The molecule has 8 heteroatoms. The van der Waals surface area contributed by atoms with Gasteiger partial charge in [0.25, 0.3) is 5.91 Å². The Kier molecular flexibility index (Phi) is 7.37. The third-order valence-corrected chi connectivity index (χ3v) is 5.04. The lowest BCUT2D eigenvalue weighted by Gasteiger charge is -2.09. The number of hydrogen-bond donors (Lipinski definition) is 1. The predicted octanol–water partition coefficient (Wildman–Crippen LogP) is 3.22. The van der Waals surface area contributed by atoms with Gasteiger partial charge in [-0.15, -0.1) is 0 Å². The second kappa shape index (κ2) is 10.4. The molecular weight excluding hydrogens is 396 g/mol. The van der Waals surface area contributed by atoms with Gasteiger partial charge in [0.2, 0.25) is 0 Å². The Bertz CT molecular complexity index is 1000. The van der Waals surface area contributed by atoms with E-state index < -0.39 is 5.91 Å².